The molecule has 0 saturated heterocycles. The van der Waals surface area contributed by atoms with Gasteiger partial charge < -0.3 is 15.4 Å². The van der Waals surface area contributed by atoms with Crippen LogP contribution in [0.3, 0.4) is 0 Å². The SMILES string of the molecule is COc1ccc(CCNc2cc(C)nc(NC3CCCC3)n2)cc1. The molecule has 24 heavy (non-hydrogen) atoms. The van der Waals surface area contributed by atoms with Crippen molar-refractivity contribution in [2.75, 3.05) is 24.3 Å². The van der Waals surface area contributed by atoms with Crippen LogP contribution in [0.15, 0.2) is 30.3 Å². The Labute approximate surface area is 143 Å². The molecule has 1 heterocycles. The van der Waals surface area contributed by atoms with Crippen LogP contribution in [0.1, 0.15) is 36.9 Å². The number of aryl methyl sites for hydroxylation is 1. The minimum Gasteiger partial charge on any atom is -0.497 e. The molecule has 5 heteroatoms. The van der Waals surface area contributed by atoms with Crippen LogP contribution in [-0.4, -0.2) is 29.7 Å². The van der Waals surface area contributed by atoms with E-state index in [9.17, 15) is 0 Å². The third-order valence-corrected chi connectivity index (χ3v) is 4.42. The van der Waals surface area contributed by atoms with Crippen molar-refractivity contribution in [3.63, 3.8) is 0 Å². The molecule has 1 aromatic carbocycles. The molecule has 1 saturated carbocycles. The Hall–Kier alpha value is -2.30. The van der Waals surface area contributed by atoms with Gasteiger partial charge in [-0.05, 0) is 43.9 Å². The van der Waals surface area contributed by atoms with E-state index in [0.717, 1.165) is 36.2 Å². The number of ether oxygens (including phenoxy) is 1. The molecule has 128 valence electrons. The zero-order valence-electron chi connectivity index (χ0n) is 14.5. The Bertz CT molecular complexity index is 651. The van der Waals surface area contributed by atoms with Crippen LogP contribution in [0.2, 0.25) is 0 Å². The first-order chi connectivity index (χ1) is 11.7. The molecule has 0 unspecified atom stereocenters. The Morgan fingerprint density at radius 3 is 2.58 bits per heavy atom. The molecule has 0 amide bonds. The molecule has 1 aliphatic rings. The molecule has 2 N–H and O–H groups in total. The topological polar surface area (TPSA) is 59.1 Å². The smallest absolute Gasteiger partial charge is 0.225 e. The molecule has 0 atom stereocenters. The number of aromatic nitrogens is 2. The predicted octanol–water partition coefficient (Wildman–Crippen LogP) is 3.80. The lowest BCUT2D eigenvalue weighted by Gasteiger charge is -2.14. The van der Waals surface area contributed by atoms with Crippen LogP contribution in [0.25, 0.3) is 0 Å². The van der Waals surface area contributed by atoms with Gasteiger partial charge >= 0.3 is 0 Å². The van der Waals surface area contributed by atoms with Crippen LogP contribution in [0, 0.1) is 6.92 Å². The highest BCUT2D eigenvalue weighted by atomic mass is 16.5. The van der Waals surface area contributed by atoms with Crippen LogP contribution < -0.4 is 15.4 Å². The maximum atomic E-state index is 5.18. The predicted molar refractivity (Wildman–Crippen MR) is 97.8 cm³/mol. The molecule has 0 spiro atoms. The second kappa shape index (κ2) is 7.99. The third kappa shape index (κ3) is 4.60. The molecule has 5 nitrogen and oxygen atoms in total. The largest absolute Gasteiger partial charge is 0.497 e. The van der Waals surface area contributed by atoms with Crippen molar-refractivity contribution in [2.24, 2.45) is 0 Å². The number of nitrogens with zero attached hydrogens (tertiary/aromatic N) is 2. The highest BCUT2D eigenvalue weighted by molar-refractivity contribution is 5.43. The summed E-state index contributed by atoms with van der Waals surface area (Å²) in [7, 11) is 1.69. The molecule has 1 fully saturated rings. The van der Waals surface area contributed by atoms with Crippen LogP contribution in [-0.2, 0) is 6.42 Å². The number of methoxy groups -OCH3 is 1. The Kier molecular flexibility index (Phi) is 5.51. The van der Waals surface area contributed by atoms with Gasteiger partial charge in [0.2, 0.25) is 5.95 Å². The Morgan fingerprint density at radius 1 is 1.12 bits per heavy atom. The quantitative estimate of drug-likeness (QED) is 0.810. The van der Waals surface area contributed by atoms with E-state index < -0.39 is 0 Å². The molecule has 1 aliphatic carbocycles. The van der Waals surface area contributed by atoms with Gasteiger partial charge in [-0.15, -0.1) is 0 Å². The minimum atomic E-state index is 0.527. The number of hydrogen-bond donors (Lipinski definition) is 2. The van der Waals surface area contributed by atoms with Crippen LogP contribution in [0.4, 0.5) is 11.8 Å². The van der Waals surface area contributed by atoms with Crippen molar-refractivity contribution in [3.8, 4) is 5.75 Å². The lowest BCUT2D eigenvalue weighted by molar-refractivity contribution is 0.414. The molecule has 3 rings (SSSR count). The molecule has 0 aliphatic heterocycles. The summed E-state index contributed by atoms with van der Waals surface area (Å²) < 4.78 is 5.18. The summed E-state index contributed by atoms with van der Waals surface area (Å²) in [5.41, 5.74) is 2.26. The van der Waals surface area contributed by atoms with Crippen LogP contribution >= 0.6 is 0 Å². The highest BCUT2D eigenvalue weighted by Crippen LogP contribution is 2.21. The zero-order valence-corrected chi connectivity index (χ0v) is 14.5. The van der Waals surface area contributed by atoms with E-state index in [1.54, 1.807) is 7.11 Å². The minimum absolute atomic E-state index is 0.527. The van der Waals surface area contributed by atoms with E-state index >= 15 is 0 Å². The average molecular weight is 326 g/mol. The normalized spacial score (nSPS) is 14.6. The van der Waals surface area contributed by atoms with Crippen molar-refractivity contribution < 1.29 is 4.74 Å². The van der Waals surface area contributed by atoms with Crippen molar-refractivity contribution in [2.45, 2.75) is 45.1 Å². The van der Waals surface area contributed by atoms with E-state index in [4.69, 9.17) is 4.74 Å². The van der Waals surface area contributed by atoms with Gasteiger partial charge in [-0.2, -0.15) is 4.98 Å². The van der Waals surface area contributed by atoms with Crippen molar-refractivity contribution in [1.29, 1.82) is 0 Å². The zero-order chi connectivity index (χ0) is 16.8. The van der Waals surface area contributed by atoms with Crippen LogP contribution in [0.5, 0.6) is 5.75 Å². The summed E-state index contributed by atoms with van der Waals surface area (Å²) in [6, 6.07) is 10.7. The van der Waals surface area contributed by atoms with Gasteiger partial charge in [-0.1, -0.05) is 25.0 Å². The maximum Gasteiger partial charge on any atom is 0.225 e. The number of anilines is 2. The Morgan fingerprint density at radius 2 is 1.88 bits per heavy atom. The summed E-state index contributed by atoms with van der Waals surface area (Å²) in [6.45, 7) is 2.85. The van der Waals surface area contributed by atoms with E-state index in [1.807, 2.05) is 25.1 Å². The van der Waals surface area contributed by atoms with E-state index in [1.165, 1.54) is 31.2 Å². The summed E-state index contributed by atoms with van der Waals surface area (Å²) in [4.78, 5) is 9.11. The first kappa shape index (κ1) is 16.6. The fourth-order valence-corrected chi connectivity index (χ4v) is 3.10. The number of hydrogen-bond acceptors (Lipinski definition) is 5. The van der Waals surface area contributed by atoms with Crippen molar-refractivity contribution >= 4 is 11.8 Å². The van der Waals surface area contributed by atoms with Gasteiger partial charge in [0.25, 0.3) is 0 Å². The fraction of sp³-hybridized carbons (Fsp3) is 0.474. The first-order valence-electron chi connectivity index (χ1n) is 8.72. The van der Waals surface area contributed by atoms with Gasteiger partial charge in [-0.3, -0.25) is 0 Å². The fourth-order valence-electron chi connectivity index (χ4n) is 3.10. The second-order valence-electron chi connectivity index (χ2n) is 6.37. The summed E-state index contributed by atoms with van der Waals surface area (Å²) in [5.74, 6) is 2.52. The molecular formula is C19H26N4O. The summed E-state index contributed by atoms with van der Waals surface area (Å²) in [5, 5.41) is 6.87. The third-order valence-electron chi connectivity index (χ3n) is 4.42. The monoisotopic (exact) mass is 326 g/mol. The van der Waals surface area contributed by atoms with Crippen molar-refractivity contribution in [3.05, 3.63) is 41.6 Å². The summed E-state index contributed by atoms with van der Waals surface area (Å²) in [6.07, 6.45) is 5.99. The lowest BCUT2D eigenvalue weighted by Crippen LogP contribution is -2.17. The molecule has 0 bridgehead atoms. The molecular weight excluding hydrogens is 300 g/mol. The van der Waals surface area contributed by atoms with Crippen molar-refractivity contribution in [1.82, 2.24) is 9.97 Å². The Balaban J connectivity index is 1.54. The number of benzene rings is 1. The lowest BCUT2D eigenvalue weighted by atomic mass is 10.1. The highest BCUT2D eigenvalue weighted by Gasteiger charge is 2.15. The standard InChI is InChI=1S/C19H26N4O/c1-14-13-18(23-19(21-14)22-16-5-3-4-6-16)20-12-11-15-7-9-17(24-2)10-8-15/h7-10,13,16H,3-6,11-12H2,1-2H3,(H2,20,21,22,23). The van der Waals surface area contributed by atoms with Gasteiger partial charge in [0.15, 0.2) is 0 Å². The van der Waals surface area contributed by atoms with E-state index in [0.29, 0.717) is 6.04 Å². The van der Waals surface area contributed by atoms with Gasteiger partial charge in [0.05, 0.1) is 7.11 Å². The van der Waals surface area contributed by atoms with E-state index in [-0.39, 0.29) is 0 Å². The van der Waals surface area contributed by atoms with E-state index in [2.05, 4.69) is 32.7 Å². The van der Waals surface area contributed by atoms with Gasteiger partial charge in [0, 0.05) is 24.3 Å². The summed E-state index contributed by atoms with van der Waals surface area (Å²) >= 11 is 0. The first-order valence-corrected chi connectivity index (χ1v) is 8.72. The van der Waals surface area contributed by atoms with Gasteiger partial charge in [-0.25, -0.2) is 4.98 Å². The molecule has 2 aromatic rings. The number of rotatable bonds is 7. The second-order valence-corrected chi connectivity index (χ2v) is 6.37. The maximum absolute atomic E-state index is 5.18. The van der Waals surface area contributed by atoms with Gasteiger partial charge in [0.1, 0.15) is 11.6 Å². The number of nitrogens with one attached hydrogen (secondary N) is 2. The molecule has 0 radical (unpaired) electrons. The molecule has 1 aromatic heterocycles. The average Bonchev–Trinajstić information content (AvgIpc) is 3.08.